The maximum atomic E-state index is 12.4. The molecule has 0 radical (unpaired) electrons. The van der Waals surface area contributed by atoms with Crippen molar-refractivity contribution < 1.29 is 14.7 Å². The summed E-state index contributed by atoms with van der Waals surface area (Å²) in [7, 11) is 1.54. The lowest BCUT2D eigenvalue weighted by Crippen LogP contribution is -2.48. The minimum absolute atomic E-state index is 0.0624. The van der Waals surface area contributed by atoms with Gasteiger partial charge in [0.15, 0.2) is 0 Å². The molecule has 1 rings (SSSR count). The second kappa shape index (κ2) is 5.26. The average Bonchev–Trinajstić information content (AvgIpc) is 2.67. The molecular formula is C13H24N2O3. The molecule has 1 heterocycles. The van der Waals surface area contributed by atoms with Crippen LogP contribution in [-0.4, -0.2) is 47.6 Å². The Bertz CT molecular complexity index is 336. The molecule has 0 aromatic carbocycles. The summed E-state index contributed by atoms with van der Waals surface area (Å²) in [4.78, 5) is 25.6. The van der Waals surface area contributed by atoms with Crippen molar-refractivity contribution >= 4 is 11.8 Å². The Kier molecular flexibility index (Phi) is 4.37. The van der Waals surface area contributed by atoms with Crippen LogP contribution in [0.15, 0.2) is 0 Å². The molecule has 0 bridgehead atoms. The van der Waals surface area contributed by atoms with Crippen molar-refractivity contribution in [3.8, 4) is 0 Å². The number of aliphatic hydroxyl groups is 1. The highest BCUT2D eigenvalue weighted by Gasteiger charge is 2.41. The van der Waals surface area contributed by atoms with E-state index < -0.39 is 12.1 Å². The molecule has 3 unspecified atom stereocenters. The van der Waals surface area contributed by atoms with Crippen molar-refractivity contribution in [2.24, 2.45) is 11.3 Å². The van der Waals surface area contributed by atoms with Gasteiger partial charge >= 0.3 is 0 Å². The van der Waals surface area contributed by atoms with Gasteiger partial charge in [-0.05, 0) is 5.41 Å². The fourth-order valence-electron chi connectivity index (χ4n) is 2.09. The van der Waals surface area contributed by atoms with Crippen LogP contribution in [0.2, 0.25) is 0 Å². The van der Waals surface area contributed by atoms with Gasteiger partial charge in [-0.15, -0.1) is 0 Å². The Morgan fingerprint density at radius 3 is 2.39 bits per heavy atom. The number of carbonyl (C=O) groups excluding carboxylic acids is 2. The Hall–Kier alpha value is -1.10. The monoisotopic (exact) mass is 256 g/mol. The zero-order valence-corrected chi connectivity index (χ0v) is 11.9. The van der Waals surface area contributed by atoms with E-state index in [9.17, 15) is 14.7 Å². The molecule has 18 heavy (non-hydrogen) atoms. The van der Waals surface area contributed by atoms with Gasteiger partial charge in [0.05, 0.1) is 6.10 Å². The standard InChI is InChI=1S/C13H24N2O3/c1-8(13(2,3)4)12(18)15-7-9(16)6-10(15)11(17)14-5/h8-10,16H,6-7H2,1-5H3,(H,14,17). The predicted molar refractivity (Wildman–Crippen MR) is 68.8 cm³/mol. The molecule has 1 saturated heterocycles. The van der Waals surface area contributed by atoms with Gasteiger partial charge in [-0.25, -0.2) is 0 Å². The van der Waals surface area contributed by atoms with Crippen LogP contribution >= 0.6 is 0 Å². The molecule has 3 atom stereocenters. The maximum Gasteiger partial charge on any atom is 0.242 e. The van der Waals surface area contributed by atoms with Crippen molar-refractivity contribution in [1.29, 1.82) is 0 Å². The fourth-order valence-corrected chi connectivity index (χ4v) is 2.09. The SMILES string of the molecule is CNC(=O)C1CC(O)CN1C(=O)C(C)C(C)(C)C. The first kappa shape index (κ1) is 15.0. The summed E-state index contributed by atoms with van der Waals surface area (Å²) < 4.78 is 0. The summed E-state index contributed by atoms with van der Waals surface area (Å²) in [6.45, 7) is 8.11. The van der Waals surface area contributed by atoms with Crippen LogP contribution in [0, 0.1) is 11.3 Å². The number of hydrogen-bond donors (Lipinski definition) is 2. The molecule has 0 aliphatic carbocycles. The molecule has 2 amide bonds. The number of nitrogens with zero attached hydrogens (tertiary/aromatic N) is 1. The second-order valence-corrected chi connectivity index (χ2v) is 6.10. The molecule has 0 aromatic rings. The van der Waals surface area contributed by atoms with Gasteiger partial charge in [0.2, 0.25) is 11.8 Å². The summed E-state index contributed by atoms with van der Waals surface area (Å²) >= 11 is 0. The van der Waals surface area contributed by atoms with Crippen molar-refractivity contribution in [2.75, 3.05) is 13.6 Å². The van der Waals surface area contributed by atoms with Crippen LogP contribution in [0.4, 0.5) is 0 Å². The molecule has 1 fully saturated rings. The number of likely N-dealkylation sites (tertiary alicyclic amines) is 1. The van der Waals surface area contributed by atoms with E-state index in [1.807, 2.05) is 27.7 Å². The van der Waals surface area contributed by atoms with E-state index in [1.54, 1.807) is 7.05 Å². The zero-order valence-electron chi connectivity index (χ0n) is 11.9. The van der Waals surface area contributed by atoms with Crippen LogP contribution in [0.3, 0.4) is 0 Å². The number of nitrogens with one attached hydrogen (secondary N) is 1. The molecule has 1 aliphatic rings. The molecule has 2 N–H and O–H groups in total. The predicted octanol–water partition coefficient (Wildman–Crippen LogP) is 0.376. The third-order valence-electron chi connectivity index (χ3n) is 3.78. The van der Waals surface area contributed by atoms with Gasteiger partial charge in [0.1, 0.15) is 6.04 Å². The van der Waals surface area contributed by atoms with E-state index in [4.69, 9.17) is 0 Å². The molecule has 0 spiro atoms. The first-order valence-electron chi connectivity index (χ1n) is 6.38. The largest absolute Gasteiger partial charge is 0.391 e. The van der Waals surface area contributed by atoms with Crippen molar-refractivity contribution in [1.82, 2.24) is 10.2 Å². The molecular weight excluding hydrogens is 232 g/mol. The van der Waals surface area contributed by atoms with Crippen LogP contribution in [0.25, 0.3) is 0 Å². The lowest BCUT2D eigenvalue weighted by molar-refractivity contribution is -0.143. The Morgan fingerprint density at radius 1 is 1.39 bits per heavy atom. The number of aliphatic hydroxyl groups excluding tert-OH is 1. The lowest BCUT2D eigenvalue weighted by Gasteiger charge is -2.32. The van der Waals surface area contributed by atoms with Crippen molar-refractivity contribution in [2.45, 2.75) is 46.3 Å². The number of hydrogen-bond acceptors (Lipinski definition) is 3. The third-order valence-corrected chi connectivity index (χ3v) is 3.78. The third kappa shape index (κ3) is 3.02. The average molecular weight is 256 g/mol. The number of rotatable bonds is 2. The minimum Gasteiger partial charge on any atom is -0.391 e. The number of carbonyl (C=O) groups is 2. The minimum atomic E-state index is -0.608. The van der Waals surface area contributed by atoms with Crippen LogP contribution in [0.1, 0.15) is 34.1 Å². The van der Waals surface area contributed by atoms with Crippen molar-refractivity contribution in [3.05, 3.63) is 0 Å². The van der Waals surface area contributed by atoms with E-state index in [-0.39, 0.29) is 29.7 Å². The van der Waals surface area contributed by atoms with Crippen LogP contribution < -0.4 is 5.32 Å². The van der Waals surface area contributed by atoms with E-state index in [0.29, 0.717) is 6.42 Å². The van der Waals surface area contributed by atoms with Crippen LogP contribution in [0.5, 0.6) is 0 Å². The van der Waals surface area contributed by atoms with Gasteiger partial charge in [-0.2, -0.15) is 0 Å². The molecule has 5 heteroatoms. The molecule has 104 valence electrons. The normalized spacial score (nSPS) is 26.0. The van der Waals surface area contributed by atoms with E-state index in [2.05, 4.69) is 5.32 Å². The summed E-state index contributed by atoms with van der Waals surface area (Å²) in [6, 6.07) is -0.540. The second-order valence-electron chi connectivity index (χ2n) is 6.10. The summed E-state index contributed by atoms with van der Waals surface area (Å²) in [5.74, 6) is -0.455. The molecule has 0 saturated carbocycles. The van der Waals surface area contributed by atoms with E-state index >= 15 is 0 Å². The zero-order chi connectivity index (χ0) is 14.1. The smallest absolute Gasteiger partial charge is 0.242 e. The van der Waals surface area contributed by atoms with E-state index in [1.165, 1.54) is 4.90 Å². The van der Waals surface area contributed by atoms with Gasteiger partial charge in [-0.1, -0.05) is 27.7 Å². The number of β-amino-alcohol motifs (C(OH)–C–C–N with tert-alkyl or cyclic N) is 1. The van der Waals surface area contributed by atoms with Gasteiger partial charge < -0.3 is 15.3 Å². The number of likely N-dealkylation sites (N-methyl/N-ethyl adjacent to an activating group) is 1. The summed E-state index contributed by atoms with van der Waals surface area (Å²) in [6.07, 6.45) is -0.286. The van der Waals surface area contributed by atoms with E-state index in [0.717, 1.165) is 0 Å². The van der Waals surface area contributed by atoms with Crippen molar-refractivity contribution in [3.63, 3.8) is 0 Å². The molecule has 0 aromatic heterocycles. The lowest BCUT2D eigenvalue weighted by atomic mass is 9.81. The maximum absolute atomic E-state index is 12.4. The highest BCUT2D eigenvalue weighted by Crippen LogP contribution is 2.30. The molecule has 5 nitrogen and oxygen atoms in total. The van der Waals surface area contributed by atoms with Gasteiger partial charge in [0.25, 0.3) is 0 Å². The Morgan fingerprint density at radius 2 is 1.94 bits per heavy atom. The highest BCUT2D eigenvalue weighted by molar-refractivity contribution is 5.89. The fraction of sp³-hybridized carbons (Fsp3) is 0.846. The molecule has 1 aliphatic heterocycles. The van der Waals surface area contributed by atoms with Crippen LogP contribution in [-0.2, 0) is 9.59 Å². The first-order valence-corrected chi connectivity index (χ1v) is 6.38. The first-order chi connectivity index (χ1) is 8.18. The van der Waals surface area contributed by atoms with Gasteiger partial charge in [-0.3, -0.25) is 9.59 Å². The topological polar surface area (TPSA) is 69.6 Å². The summed E-state index contributed by atoms with van der Waals surface area (Å²) in [5, 5.41) is 12.2. The van der Waals surface area contributed by atoms with Gasteiger partial charge in [0, 0.05) is 25.9 Å². The highest BCUT2D eigenvalue weighted by atomic mass is 16.3. The Balaban J connectivity index is 2.86. The summed E-state index contributed by atoms with van der Waals surface area (Å²) in [5.41, 5.74) is -0.155. The Labute approximate surface area is 109 Å². The number of amides is 2. The quantitative estimate of drug-likeness (QED) is 0.750.